The molecule has 0 aromatic heterocycles. The third kappa shape index (κ3) is 5.60. The molecule has 0 spiro atoms. The van der Waals surface area contributed by atoms with Crippen LogP contribution in [0.2, 0.25) is 0 Å². The first kappa shape index (κ1) is 20.0. The third-order valence-corrected chi connectivity index (χ3v) is 4.46. The molecule has 1 aliphatic rings. The number of amides is 3. The van der Waals surface area contributed by atoms with Gasteiger partial charge in [0.25, 0.3) is 5.91 Å². The Kier molecular flexibility index (Phi) is 7.68. The summed E-state index contributed by atoms with van der Waals surface area (Å²) in [6.45, 7) is 4.27. The van der Waals surface area contributed by atoms with Gasteiger partial charge in [-0.15, -0.1) is 0 Å². The lowest BCUT2D eigenvalue weighted by molar-refractivity contribution is 0.0960. The van der Waals surface area contributed by atoms with E-state index < -0.39 is 0 Å². The van der Waals surface area contributed by atoms with Crippen molar-refractivity contribution in [2.45, 2.75) is 6.42 Å². The van der Waals surface area contributed by atoms with Crippen molar-refractivity contribution >= 4 is 17.6 Å². The molecule has 1 aromatic rings. The molecule has 0 aliphatic carbocycles. The lowest BCUT2D eigenvalue weighted by Crippen LogP contribution is -2.34. The number of carbonyl (C=O) groups is 2. The highest BCUT2D eigenvalue weighted by atomic mass is 16.5. The zero-order valence-corrected chi connectivity index (χ0v) is 15.6. The van der Waals surface area contributed by atoms with Gasteiger partial charge in [-0.25, -0.2) is 4.79 Å². The Bertz CT molecular complexity index is 623. The predicted molar refractivity (Wildman–Crippen MR) is 99.8 cm³/mol. The summed E-state index contributed by atoms with van der Waals surface area (Å²) in [5.74, 6) is 0.625. The van der Waals surface area contributed by atoms with Crippen molar-refractivity contribution in [1.29, 1.82) is 0 Å². The van der Waals surface area contributed by atoms with Gasteiger partial charge >= 0.3 is 6.03 Å². The molecule has 3 N–H and O–H groups in total. The number of methoxy groups -OCH3 is 2. The van der Waals surface area contributed by atoms with Crippen molar-refractivity contribution < 1.29 is 19.1 Å². The minimum Gasteiger partial charge on any atom is -0.496 e. The molecule has 1 heterocycles. The van der Waals surface area contributed by atoms with Crippen molar-refractivity contribution in [3.8, 4) is 5.75 Å². The minimum absolute atomic E-state index is 0.270. The van der Waals surface area contributed by atoms with Gasteiger partial charge in [0.05, 0.1) is 19.3 Å². The van der Waals surface area contributed by atoms with Gasteiger partial charge in [0.15, 0.2) is 0 Å². The Hall–Kier alpha value is -2.32. The van der Waals surface area contributed by atoms with Crippen LogP contribution in [0.3, 0.4) is 0 Å². The molecule has 1 fully saturated rings. The lowest BCUT2D eigenvalue weighted by Gasteiger charge is -2.16. The van der Waals surface area contributed by atoms with E-state index in [1.807, 2.05) is 0 Å². The Morgan fingerprint density at radius 3 is 2.81 bits per heavy atom. The average molecular weight is 364 g/mol. The number of hydrogen-bond acceptors (Lipinski definition) is 5. The Labute approximate surface area is 154 Å². The van der Waals surface area contributed by atoms with Crippen molar-refractivity contribution in [1.82, 2.24) is 15.5 Å². The van der Waals surface area contributed by atoms with Crippen LogP contribution in [-0.4, -0.2) is 70.9 Å². The maximum absolute atomic E-state index is 12.1. The molecule has 0 saturated carbocycles. The van der Waals surface area contributed by atoms with Gasteiger partial charge in [-0.2, -0.15) is 0 Å². The molecular formula is C18H28N4O4. The summed E-state index contributed by atoms with van der Waals surface area (Å²) in [5.41, 5.74) is 0.910. The summed E-state index contributed by atoms with van der Waals surface area (Å²) in [7, 11) is 4.75. The molecule has 8 heteroatoms. The number of rotatable bonds is 8. The molecule has 1 atom stereocenters. The van der Waals surface area contributed by atoms with Crippen LogP contribution in [0.1, 0.15) is 16.8 Å². The highest BCUT2D eigenvalue weighted by Crippen LogP contribution is 2.22. The Balaban J connectivity index is 1.83. The van der Waals surface area contributed by atoms with E-state index in [2.05, 4.69) is 20.9 Å². The van der Waals surface area contributed by atoms with Crippen LogP contribution in [0.4, 0.5) is 10.5 Å². The van der Waals surface area contributed by atoms with E-state index >= 15 is 0 Å². The average Bonchev–Trinajstić information content (AvgIpc) is 3.11. The number of anilines is 1. The van der Waals surface area contributed by atoms with Crippen molar-refractivity contribution in [3.05, 3.63) is 23.8 Å². The molecular weight excluding hydrogens is 336 g/mol. The highest BCUT2D eigenvalue weighted by Gasteiger charge is 2.22. The van der Waals surface area contributed by atoms with E-state index in [0.29, 0.717) is 29.5 Å². The van der Waals surface area contributed by atoms with Crippen LogP contribution >= 0.6 is 0 Å². The van der Waals surface area contributed by atoms with Crippen LogP contribution in [0.25, 0.3) is 0 Å². The molecule has 0 bridgehead atoms. The number of likely N-dealkylation sites (tertiary alicyclic amines) is 1. The molecule has 3 amide bonds. The second-order valence-corrected chi connectivity index (χ2v) is 6.28. The van der Waals surface area contributed by atoms with Gasteiger partial charge in [0.1, 0.15) is 5.75 Å². The van der Waals surface area contributed by atoms with Gasteiger partial charge in [-0.05, 0) is 37.1 Å². The SMILES string of the molecule is CNC(=O)c1cc(NC(=O)NCC2CCN(CCOC)C2)ccc1OC. The van der Waals surface area contributed by atoms with E-state index in [4.69, 9.17) is 9.47 Å². The van der Waals surface area contributed by atoms with Gasteiger partial charge in [-0.1, -0.05) is 0 Å². The predicted octanol–water partition coefficient (Wildman–Crippen LogP) is 1.14. The molecule has 144 valence electrons. The van der Waals surface area contributed by atoms with Crippen LogP contribution in [0, 0.1) is 5.92 Å². The Morgan fingerprint density at radius 1 is 1.31 bits per heavy atom. The summed E-state index contributed by atoms with van der Waals surface area (Å²) in [4.78, 5) is 26.4. The fourth-order valence-electron chi connectivity index (χ4n) is 3.01. The van der Waals surface area contributed by atoms with Gasteiger partial charge in [0, 0.05) is 39.5 Å². The number of urea groups is 1. The molecule has 8 nitrogen and oxygen atoms in total. The molecule has 1 aromatic carbocycles. The van der Waals surface area contributed by atoms with Crippen molar-refractivity contribution in [3.63, 3.8) is 0 Å². The van der Waals surface area contributed by atoms with E-state index in [9.17, 15) is 9.59 Å². The van der Waals surface area contributed by atoms with Crippen LogP contribution in [-0.2, 0) is 4.74 Å². The van der Waals surface area contributed by atoms with E-state index in [1.165, 1.54) is 7.11 Å². The van der Waals surface area contributed by atoms with Gasteiger partial charge < -0.3 is 30.3 Å². The van der Waals surface area contributed by atoms with Gasteiger partial charge in [0.2, 0.25) is 0 Å². The monoisotopic (exact) mass is 364 g/mol. The van der Waals surface area contributed by atoms with E-state index in [-0.39, 0.29) is 11.9 Å². The van der Waals surface area contributed by atoms with Crippen LogP contribution < -0.4 is 20.7 Å². The van der Waals surface area contributed by atoms with Crippen LogP contribution in [0.5, 0.6) is 5.75 Å². The number of nitrogens with zero attached hydrogens (tertiary/aromatic N) is 1. The first-order valence-electron chi connectivity index (χ1n) is 8.73. The third-order valence-electron chi connectivity index (χ3n) is 4.46. The standard InChI is InChI=1S/C18H28N4O4/c1-19-17(23)15-10-14(4-5-16(15)26-3)21-18(24)20-11-13-6-7-22(12-13)8-9-25-2/h4-5,10,13H,6-9,11-12H2,1-3H3,(H,19,23)(H2,20,21,24). The number of carbonyl (C=O) groups excluding carboxylic acids is 2. The maximum atomic E-state index is 12.1. The van der Waals surface area contributed by atoms with Crippen LogP contribution in [0.15, 0.2) is 18.2 Å². The molecule has 1 aliphatic heterocycles. The maximum Gasteiger partial charge on any atom is 0.319 e. The fourth-order valence-corrected chi connectivity index (χ4v) is 3.01. The first-order valence-corrected chi connectivity index (χ1v) is 8.73. The van der Waals surface area contributed by atoms with E-state index in [0.717, 1.165) is 32.7 Å². The second kappa shape index (κ2) is 9.98. The lowest BCUT2D eigenvalue weighted by atomic mass is 10.1. The molecule has 2 rings (SSSR count). The molecule has 26 heavy (non-hydrogen) atoms. The van der Waals surface area contributed by atoms with E-state index in [1.54, 1.807) is 32.4 Å². The fraction of sp³-hybridized carbons (Fsp3) is 0.556. The normalized spacial score (nSPS) is 17.0. The van der Waals surface area contributed by atoms with Gasteiger partial charge in [-0.3, -0.25) is 4.79 Å². The largest absolute Gasteiger partial charge is 0.496 e. The summed E-state index contributed by atoms with van der Waals surface area (Å²) < 4.78 is 10.3. The highest BCUT2D eigenvalue weighted by molar-refractivity contribution is 5.99. The zero-order valence-electron chi connectivity index (χ0n) is 15.6. The van der Waals surface area contributed by atoms with Crippen molar-refractivity contribution in [2.75, 3.05) is 59.4 Å². The topological polar surface area (TPSA) is 91.9 Å². The first-order chi connectivity index (χ1) is 12.6. The summed E-state index contributed by atoms with van der Waals surface area (Å²) >= 11 is 0. The summed E-state index contributed by atoms with van der Waals surface area (Å²) in [6, 6.07) is 4.67. The molecule has 0 radical (unpaired) electrons. The Morgan fingerprint density at radius 2 is 2.12 bits per heavy atom. The molecule has 1 saturated heterocycles. The minimum atomic E-state index is -0.284. The number of benzene rings is 1. The quantitative estimate of drug-likeness (QED) is 0.643. The number of ether oxygens (including phenoxy) is 2. The summed E-state index contributed by atoms with van der Waals surface area (Å²) in [6.07, 6.45) is 1.06. The smallest absolute Gasteiger partial charge is 0.319 e. The number of nitrogens with one attached hydrogen (secondary N) is 3. The van der Waals surface area contributed by atoms with Crippen molar-refractivity contribution in [2.24, 2.45) is 5.92 Å². The second-order valence-electron chi connectivity index (χ2n) is 6.28. The summed E-state index contributed by atoms with van der Waals surface area (Å²) in [5, 5.41) is 8.22. The zero-order chi connectivity index (χ0) is 18.9. The number of hydrogen-bond donors (Lipinski definition) is 3. The molecule has 1 unspecified atom stereocenters.